The zero-order chi connectivity index (χ0) is 44.8. The van der Waals surface area contributed by atoms with Crippen LogP contribution in [0.25, 0.3) is 67.1 Å². The maximum absolute atomic E-state index is 2.40. The first-order valence-corrected chi connectivity index (χ1v) is 23.0. The predicted molar refractivity (Wildman–Crippen MR) is 287 cm³/mol. The van der Waals surface area contributed by atoms with Gasteiger partial charge in [-0.05, 0) is 137 Å². The molecule has 1 heteroatoms. The van der Waals surface area contributed by atoms with Crippen molar-refractivity contribution in [2.75, 3.05) is 4.90 Å². The Hall–Kier alpha value is -8.78. The minimum absolute atomic E-state index is 1.09. The van der Waals surface area contributed by atoms with Gasteiger partial charge in [0.25, 0.3) is 0 Å². The molecule has 67 heavy (non-hydrogen) atoms. The molecule has 0 unspecified atom stereocenters. The number of benzene rings is 11. The van der Waals surface area contributed by atoms with Gasteiger partial charge in [0.15, 0.2) is 0 Å². The smallest absolute Gasteiger partial charge is 0.0468 e. The lowest BCUT2D eigenvalue weighted by atomic mass is 9.85. The fraction of sp³-hybridized carbons (Fsp3) is 0. The molecule has 0 aliphatic heterocycles. The van der Waals surface area contributed by atoms with Crippen LogP contribution in [0.3, 0.4) is 0 Å². The van der Waals surface area contributed by atoms with Gasteiger partial charge >= 0.3 is 0 Å². The summed E-state index contributed by atoms with van der Waals surface area (Å²) in [6, 6.07) is 98.3. The van der Waals surface area contributed by atoms with Gasteiger partial charge in [-0.3, -0.25) is 0 Å². The average Bonchev–Trinajstić information content (AvgIpc) is 3.41. The van der Waals surface area contributed by atoms with Gasteiger partial charge in [-0.15, -0.1) is 0 Å². The fourth-order valence-electron chi connectivity index (χ4n) is 9.49. The average molecular weight is 854 g/mol. The third kappa shape index (κ3) is 8.51. The maximum atomic E-state index is 2.40. The molecule has 1 nitrogen and oxygen atoms in total. The lowest BCUT2D eigenvalue weighted by Crippen LogP contribution is -2.09. The molecule has 0 saturated heterocycles. The monoisotopic (exact) mass is 853 g/mol. The molecule has 0 aliphatic rings. The van der Waals surface area contributed by atoms with Crippen LogP contribution in [0.2, 0.25) is 0 Å². The highest BCUT2D eigenvalue weighted by molar-refractivity contribution is 6.22. The van der Waals surface area contributed by atoms with E-state index in [1.165, 1.54) is 77.2 Å². The number of hydrogen-bond acceptors (Lipinski definition) is 1. The van der Waals surface area contributed by atoms with Gasteiger partial charge in [0, 0.05) is 17.1 Å². The summed E-state index contributed by atoms with van der Waals surface area (Å²) in [5, 5.41) is 4.83. The van der Waals surface area contributed by atoms with E-state index in [1.54, 1.807) is 0 Å². The van der Waals surface area contributed by atoms with Gasteiger partial charge in [-0.1, -0.05) is 237 Å². The van der Waals surface area contributed by atoms with Crippen LogP contribution in [-0.4, -0.2) is 0 Å². The van der Waals surface area contributed by atoms with Gasteiger partial charge in [0.2, 0.25) is 0 Å². The minimum Gasteiger partial charge on any atom is -0.310 e. The Kier molecular flexibility index (Phi) is 11.5. The minimum atomic E-state index is 1.09. The molecular formula is C66H47N. The molecule has 0 N–H and O–H groups in total. The van der Waals surface area contributed by atoms with Crippen molar-refractivity contribution in [2.24, 2.45) is 0 Å². The summed E-state index contributed by atoms with van der Waals surface area (Å²) in [4.78, 5) is 2.36. The summed E-state index contributed by atoms with van der Waals surface area (Å²) in [6.45, 7) is 0. The Bertz CT molecular complexity index is 3370. The van der Waals surface area contributed by atoms with E-state index in [-0.39, 0.29) is 0 Å². The lowest BCUT2D eigenvalue weighted by Gasteiger charge is -2.27. The zero-order valence-corrected chi connectivity index (χ0v) is 37.1. The van der Waals surface area contributed by atoms with Crippen LogP contribution in [0.1, 0.15) is 33.4 Å². The van der Waals surface area contributed by atoms with E-state index < -0.39 is 0 Å². The van der Waals surface area contributed by atoms with Gasteiger partial charge in [0.05, 0.1) is 0 Å². The Balaban J connectivity index is 1.10. The largest absolute Gasteiger partial charge is 0.310 e. The molecule has 0 radical (unpaired) electrons. The molecule has 11 aromatic rings. The van der Waals surface area contributed by atoms with Crippen molar-refractivity contribution in [1.82, 2.24) is 0 Å². The summed E-state index contributed by atoms with van der Waals surface area (Å²) in [5.41, 5.74) is 17.5. The van der Waals surface area contributed by atoms with E-state index in [0.717, 1.165) is 28.2 Å². The first kappa shape index (κ1) is 41.0. The molecule has 0 spiro atoms. The molecule has 316 valence electrons. The summed E-state index contributed by atoms with van der Waals surface area (Å²) in [5.74, 6) is 0. The highest BCUT2D eigenvalue weighted by Gasteiger charge is 2.20. The Labute approximate surface area is 393 Å². The normalized spacial score (nSPS) is 11.0. The molecule has 0 amide bonds. The molecule has 0 saturated carbocycles. The summed E-state index contributed by atoms with van der Waals surface area (Å²) < 4.78 is 0. The van der Waals surface area contributed by atoms with E-state index >= 15 is 0 Å². The van der Waals surface area contributed by atoms with Gasteiger partial charge in [-0.2, -0.15) is 0 Å². The molecule has 11 aromatic carbocycles. The van der Waals surface area contributed by atoms with Crippen molar-refractivity contribution in [1.29, 1.82) is 0 Å². The second-order valence-corrected chi connectivity index (χ2v) is 16.9. The quantitative estimate of drug-likeness (QED) is 0.0925. The van der Waals surface area contributed by atoms with Crippen LogP contribution in [0, 0.1) is 0 Å². The molecular weight excluding hydrogens is 807 g/mol. The molecule has 0 heterocycles. The van der Waals surface area contributed by atoms with Crippen LogP contribution in [0.5, 0.6) is 0 Å². The van der Waals surface area contributed by atoms with Crippen LogP contribution < -0.4 is 4.90 Å². The van der Waals surface area contributed by atoms with Crippen LogP contribution in [0.4, 0.5) is 17.1 Å². The first-order valence-electron chi connectivity index (χ1n) is 23.0. The number of nitrogens with zero attached hydrogens (tertiary/aromatic N) is 1. The van der Waals surface area contributed by atoms with Gasteiger partial charge in [0.1, 0.15) is 0 Å². The highest BCUT2D eigenvalue weighted by atomic mass is 15.1. The molecule has 0 bridgehead atoms. The fourth-order valence-corrected chi connectivity index (χ4v) is 9.49. The Morgan fingerprint density at radius 2 is 0.567 bits per heavy atom. The number of para-hydroxylation sites is 2. The predicted octanol–water partition coefficient (Wildman–Crippen LogP) is 18.0. The van der Waals surface area contributed by atoms with E-state index in [2.05, 4.69) is 290 Å². The third-order valence-corrected chi connectivity index (χ3v) is 12.7. The molecule has 11 rings (SSSR count). The van der Waals surface area contributed by atoms with E-state index in [9.17, 15) is 0 Å². The number of fused-ring (bicyclic) bond motifs is 2. The summed E-state index contributed by atoms with van der Waals surface area (Å²) in [6.07, 6.45) is 4.62. The van der Waals surface area contributed by atoms with Crippen molar-refractivity contribution >= 4 is 61.9 Å². The second-order valence-electron chi connectivity index (χ2n) is 16.9. The third-order valence-electron chi connectivity index (χ3n) is 12.7. The molecule has 0 aromatic heterocycles. The van der Waals surface area contributed by atoms with Crippen LogP contribution >= 0.6 is 0 Å². The van der Waals surface area contributed by atoms with Crippen LogP contribution in [-0.2, 0) is 0 Å². The maximum Gasteiger partial charge on any atom is 0.0468 e. The van der Waals surface area contributed by atoms with E-state index in [0.29, 0.717) is 0 Å². The topological polar surface area (TPSA) is 3.24 Å². The van der Waals surface area contributed by atoms with Crippen molar-refractivity contribution in [3.63, 3.8) is 0 Å². The van der Waals surface area contributed by atoms with Crippen molar-refractivity contribution in [3.8, 4) is 22.3 Å². The standard InChI is InChI=1S/C66H47N/c1-7-21-50(22-8-1)62(51-23-9-2-10-24-51)45-48-35-39-54(40-36-48)65-59-33-19-20-34-60(59)66(55-41-37-49(38-42-55)46-63(52-25-11-3-12-26-52)53-27-13-4-14-28-53)64-47-58(43-44-61(64)65)67(56-29-15-5-16-30-56)57-31-17-6-18-32-57/h1-47H. The molecule has 0 aliphatic carbocycles. The highest BCUT2D eigenvalue weighted by Crippen LogP contribution is 2.46. The van der Waals surface area contributed by atoms with Crippen molar-refractivity contribution in [3.05, 3.63) is 306 Å². The lowest BCUT2D eigenvalue weighted by molar-refractivity contribution is 1.29. The Morgan fingerprint density at radius 3 is 0.940 bits per heavy atom. The van der Waals surface area contributed by atoms with Crippen molar-refractivity contribution in [2.45, 2.75) is 0 Å². The van der Waals surface area contributed by atoms with Crippen molar-refractivity contribution < 1.29 is 0 Å². The zero-order valence-electron chi connectivity index (χ0n) is 37.1. The number of anilines is 3. The van der Waals surface area contributed by atoms with E-state index in [1.807, 2.05) is 0 Å². The van der Waals surface area contributed by atoms with Gasteiger partial charge < -0.3 is 4.90 Å². The number of hydrogen-bond donors (Lipinski definition) is 0. The molecule has 0 fully saturated rings. The van der Waals surface area contributed by atoms with E-state index in [4.69, 9.17) is 0 Å². The number of rotatable bonds is 11. The van der Waals surface area contributed by atoms with Gasteiger partial charge in [-0.25, -0.2) is 0 Å². The Morgan fingerprint density at radius 1 is 0.254 bits per heavy atom. The second kappa shape index (κ2) is 18.7. The SMILES string of the molecule is C(=C(c1ccccc1)c1ccccc1)c1ccc(-c2c3ccccc3c(-c3ccc(C=C(c4ccccc4)c4ccccc4)cc3)c3cc(N(c4ccccc4)c4ccccc4)ccc23)cc1. The van der Waals surface area contributed by atoms with Crippen LogP contribution in [0.15, 0.2) is 273 Å². The first-order chi connectivity index (χ1) is 33.2. The summed E-state index contributed by atoms with van der Waals surface area (Å²) >= 11 is 0. The summed E-state index contributed by atoms with van der Waals surface area (Å²) in [7, 11) is 0. The molecule has 0 atom stereocenters.